The minimum absolute atomic E-state index is 0.208. The zero-order valence-corrected chi connectivity index (χ0v) is 18.9. The minimum Gasteiger partial charge on any atom is -0.448 e. The number of benzene rings is 1. The highest BCUT2D eigenvalue weighted by Gasteiger charge is 2.54. The molecule has 0 radical (unpaired) electrons. The number of hydrogen-bond donors (Lipinski definition) is 4. The van der Waals surface area contributed by atoms with E-state index in [2.05, 4.69) is 37.4 Å². The van der Waals surface area contributed by atoms with Crippen molar-refractivity contribution in [3.8, 4) is 11.8 Å². The predicted molar refractivity (Wildman–Crippen MR) is 125 cm³/mol. The van der Waals surface area contributed by atoms with E-state index < -0.39 is 23.7 Å². The van der Waals surface area contributed by atoms with Gasteiger partial charge in [0.2, 0.25) is 11.7 Å². The van der Waals surface area contributed by atoms with Gasteiger partial charge in [0, 0.05) is 25.5 Å². The minimum atomic E-state index is -1.24. The summed E-state index contributed by atoms with van der Waals surface area (Å²) in [6.45, 7) is 1.64. The summed E-state index contributed by atoms with van der Waals surface area (Å²) in [6, 6.07) is 8.87. The maximum atomic E-state index is 12.4. The summed E-state index contributed by atoms with van der Waals surface area (Å²) >= 11 is 0. The van der Waals surface area contributed by atoms with Crippen molar-refractivity contribution in [2.24, 2.45) is 5.41 Å². The van der Waals surface area contributed by atoms with Crippen LogP contribution in [0.15, 0.2) is 41.1 Å². The summed E-state index contributed by atoms with van der Waals surface area (Å²) in [5.74, 6) is 6.75. The molecule has 1 fully saturated rings. The Bertz CT molecular complexity index is 1430. The lowest BCUT2D eigenvalue weighted by atomic mass is 9.85. The highest BCUT2D eigenvalue weighted by molar-refractivity contribution is 5.85. The molecule has 4 aromatic rings. The fourth-order valence-corrected chi connectivity index (χ4v) is 4.59. The van der Waals surface area contributed by atoms with Crippen molar-refractivity contribution in [2.75, 3.05) is 19.4 Å². The number of aliphatic hydroxyl groups is 2. The zero-order chi connectivity index (χ0) is 24.0. The second-order valence-electron chi connectivity index (χ2n) is 8.57. The van der Waals surface area contributed by atoms with Gasteiger partial charge in [0.15, 0.2) is 22.7 Å². The Morgan fingerprint density at radius 1 is 1.24 bits per heavy atom. The molecule has 1 amide bonds. The lowest BCUT2D eigenvalue weighted by Crippen LogP contribution is -2.45. The molecule has 1 saturated carbocycles. The van der Waals surface area contributed by atoms with Gasteiger partial charge >= 0.3 is 0 Å². The van der Waals surface area contributed by atoms with Gasteiger partial charge in [-0.2, -0.15) is 0 Å². The number of nitrogens with one attached hydrogen (secondary N) is 2. The molecule has 1 aliphatic rings. The average molecular weight is 460 g/mol. The molecule has 0 aliphatic heterocycles. The van der Waals surface area contributed by atoms with E-state index in [1.807, 2.05) is 30.3 Å². The van der Waals surface area contributed by atoms with Crippen LogP contribution in [-0.2, 0) is 4.79 Å². The summed E-state index contributed by atoms with van der Waals surface area (Å²) in [7, 11) is 3.22. The van der Waals surface area contributed by atoms with E-state index in [0.29, 0.717) is 22.7 Å². The predicted octanol–water partition coefficient (Wildman–Crippen LogP) is 1.43. The highest BCUT2D eigenvalue weighted by Crippen LogP contribution is 2.45. The number of para-hydroxylation sites is 1. The van der Waals surface area contributed by atoms with E-state index in [1.165, 1.54) is 13.4 Å². The number of amides is 1. The molecule has 4 N–H and O–H groups in total. The largest absolute Gasteiger partial charge is 0.448 e. The number of anilines is 1. The van der Waals surface area contributed by atoms with E-state index in [1.54, 1.807) is 18.5 Å². The molecule has 0 bridgehead atoms. The summed E-state index contributed by atoms with van der Waals surface area (Å²) in [4.78, 5) is 25.9. The van der Waals surface area contributed by atoms with Crippen LogP contribution in [0.5, 0.6) is 0 Å². The molecule has 3 aromatic heterocycles. The van der Waals surface area contributed by atoms with Gasteiger partial charge in [0.05, 0.1) is 23.9 Å². The van der Waals surface area contributed by atoms with Crippen LogP contribution < -0.4 is 10.6 Å². The number of fused-ring (bicyclic) bond motifs is 2. The Morgan fingerprint density at radius 2 is 2.03 bits per heavy atom. The van der Waals surface area contributed by atoms with E-state index in [-0.39, 0.29) is 18.2 Å². The first-order chi connectivity index (χ1) is 16.4. The number of carbonyl (C=O) groups excluding carboxylic acids is 1. The maximum Gasteiger partial charge on any atom is 0.228 e. The molecule has 4 atom stereocenters. The Labute approximate surface area is 195 Å². The number of imidazole rings is 1. The summed E-state index contributed by atoms with van der Waals surface area (Å²) < 4.78 is 7.42. The summed E-state index contributed by atoms with van der Waals surface area (Å²) in [6.07, 6.45) is -0.683. The van der Waals surface area contributed by atoms with Crippen molar-refractivity contribution in [3.05, 3.63) is 48.2 Å². The molecular formula is C24H24N6O4. The van der Waals surface area contributed by atoms with Crippen LogP contribution >= 0.6 is 0 Å². The van der Waals surface area contributed by atoms with Crippen LogP contribution in [0.25, 0.3) is 22.1 Å². The number of aliphatic hydroxyl groups excluding tert-OH is 2. The first kappa shape index (κ1) is 21.9. The fraction of sp³-hybridized carbons (Fsp3) is 0.333. The van der Waals surface area contributed by atoms with Gasteiger partial charge in [-0.25, -0.2) is 15.0 Å². The maximum absolute atomic E-state index is 12.4. The van der Waals surface area contributed by atoms with E-state index >= 15 is 0 Å². The van der Waals surface area contributed by atoms with Gasteiger partial charge in [-0.15, -0.1) is 0 Å². The normalized spacial score (nSPS) is 24.2. The number of furan rings is 1. The third-order valence-electron chi connectivity index (χ3n) is 6.49. The van der Waals surface area contributed by atoms with Crippen LogP contribution in [0.3, 0.4) is 0 Å². The van der Waals surface area contributed by atoms with E-state index in [9.17, 15) is 15.0 Å². The van der Waals surface area contributed by atoms with Gasteiger partial charge in [0.25, 0.3) is 0 Å². The Balaban J connectivity index is 1.56. The van der Waals surface area contributed by atoms with Crippen molar-refractivity contribution in [3.63, 3.8) is 0 Å². The topological polar surface area (TPSA) is 138 Å². The van der Waals surface area contributed by atoms with Crippen LogP contribution in [-0.4, -0.2) is 61.9 Å². The molecule has 10 nitrogen and oxygen atoms in total. The van der Waals surface area contributed by atoms with Crippen LogP contribution in [0.4, 0.5) is 5.82 Å². The van der Waals surface area contributed by atoms with Gasteiger partial charge in [-0.05, 0) is 31.3 Å². The molecule has 34 heavy (non-hydrogen) atoms. The zero-order valence-electron chi connectivity index (χ0n) is 18.9. The lowest BCUT2D eigenvalue weighted by Gasteiger charge is -2.26. The third-order valence-corrected chi connectivity index (χ3v) is 6.49. The second kappa shape index (κ2) is 8.13. The Morgan fingerprint density at radius 3 is 2.76 bits per heavy atom. The molecule has 0 saturated heterocycles. The van der Waals surface area contributed by atoms with Gasteiger partial charge in [0.1, 0.15) is 11.7 Å². The van der Waals surface area contributed by atoms with Gasteiger partial charge < -0.3 is 29.8 Å². The molecule has 5 rings (SSSR count). The number of rotatable bonds is 3. The molecule has 174 valence electrons. The van der Waals surface area contributed by atoms with Crippen LogP contribution in [0, 0.1) is 17.3 Å². The lowest BCUT2D eigenvalue weighted by molar-refractivity contribution is -0.136. The summed E-state index contributed by atoms with van der Waals surface area (Å²) in [5, 5.41) is 28.0. The number of nitrogens with zero attached hydrogens (tertiary/aromatic N) is 4. The molecule has 1 aliphatic carbocycles. The molecule has 3 heterocycles. The monoisotopic (exact) mass is 460 g/mol. The molecule has 10 heteroatoms. The van der Waals surface area contributed by atoms with Crippen LogP contribution in [0.2, 0.25) is 0 Å². The van der Waals surface area contributed by atoms with E-state index in [4.69, 9.17) is 4.42 Å². The second-order valence-corrected chi connectivity index (χ2v) is 8.57. The molecule has 1 aromatic carbocycles. The van der Waals surface area contributed by atoms with Crippen LogP contribution in [0.1, 0.15) is 31.0 Å². The smallest absolute Gasteiger partial charge is 0.228 e. The van der Waals surface area contributed by atoms with Gasteiger partial charge in [-0.3, -0.25) is 4.79 Å². The fourth-order valence-electron chi connectivity index (χ4n) is 4.59. The molecular weight excluding hydrogens is 436 g/mol. The molecule has 1 unspecified atom stereocenters. The van der Waals surface area contributed by atoms with Gasteiger partial charge in [-0.1, -0.05) is 18.2 Å². The van der Waals surface area contributed by atoms with Crippen molar-refractivity contribution in [1.82, 2.24) is 24.8 Å². The number of carbonyl (C=O) groups is 1. The molecule has 0 spiro atoms. The quantitative estimate of drug-likeness (QED) is 0.337. The van der Waals surface area contributed by atoms with Crippen molar-refractivity contribution < 1.29 is 19.4 Å². The van der Waals surface area contributed by atoms with E-state index in [0.717, 1.165) is 11.0 Å². The van der Waals surface area contributed by atoms with Crippen molar-refractivity contribution in [1.29, 1.82) is 0 Å². The number of aromatic nitrogens is 4. The highest BCUT2D eigenvalue weighted by atomic mass is 16.3. The third kappa shape index (κ3) is 3.37. The first-order valence-corrected chi connectivity index (χ1v) is 10.9. The number of hydrogen-bond acceptors (Lipinski definition) is 8. The SMILES string of the molecule is CNC(=O)C1(C)C[C@@H](n2cnc3c(NC)nc(C#Cc4cc5ccccc5o4)nc32)[C@H](O)[C@@H]1O. The Hall–Kier alpha value is -3.94. The Kier molecular flexibility index (Phi) is 5.23. The van der Waals surface area contributed by atoms with Crippen molar-refractivity contribution >= 4 is 33.9 Å². The average Bonchev–Trinajstić information content (AvgIpc) is 3.53. The standard InChI is InChI=1S/C24H24N6O4/c1-24(23(33)26-3)11-15(19(31)20(24)32)30-12-27-18-21(25-2)28-17(29-22(18)30)9-8-14-10-13-6-4-5-7-16(13)34-14/h4-7,10,12,15,19-20,31-32H,11H2,1-3H3,(H,26,33)(H,25,28,29)/t15-,19+,20+,24?/m1/s1. The van der Waals surface area contributed by atoms with Crippen molar-refractivity contribution in [2.45, 2.75) is 31.6 Å². The summed E-state index contributed by atoms with van der Waals surface area (Å²) in [5.41, 5.74) is 0.515. The first-order valence-electron chi connectivity index (χ1n) is 10.9.